The number of aryl methyl sites for hydroxylation is 1. The maximum atomic E-state index is 11.9. The summed E-state index contributed by atoms with van der Waals surface area (Å²) in [5.74, 6) is 0.00862. The van der Waals surface area contributed by atoms with E-state index in [9.17, 15) is 9.59 Å². The lowest BCUT2D eigenvalue weighted by atomic mass is 10.3. The Bertz CT molecular complexity index is 680. The third-order valence-electron chi connectivity index (χ3n) is 3.30. The fourth-order valence-electron chi connectivity index (χ4n) is 2.06. The van der Waals surface area contributed by atoms with Crippen molar-refractivity contribution in [3.8, 4) is 10.6 Å². The Morgan fingerprint density at radius 3 is 2.87 bits per heavy atom. The molecule has 1 amide bonds. The SMILES string of the molecule is CN(C)CCNC(=O)CCCn1nc(-c2cccs2)ccc1=O. The van der Waals surface area contributed by atoms with Gasteiger partial charge in [-0.15, -0.1) is 11.3 Å². The van der Waals surface area contributed by atoms with Gasteiger partial charge in [0.1, 0.15) is 5.69 Å². The van der Waals surface area contributed by atoms with E-state index in [-0.39, 0.29) is 11.5 Å². The molecule has 0 unspecified atom stereocenters. The summed E-state index contributed by atoms with van der Waals surface area (Å²) in [6.07, 6.45) is 0.985. The number of aromatic nitrogens is 2. The molecule has 0 aliphatic heterocycles. The number of hydrogen-bond acceptors (Lipinski definition) is 5. The maximum Gasteiger partial charge on any atom is 0.266 e. The highest BCUT2D eigenvalue weighted by Gasteiger charge is 2.06. The standard InChI is InChI=1S/C16H22N4O2S/c1-19(2)11-9-17-15(21)6-3-10-20-16(22)8-7-13(18-20)14-5-4-12-23-14/h4-5,7-8,12H,3,6,9-11H2,1-2H3,(H,17,21). The van der Waals surface area contributed by atoms with E-state index in [1.165, 1.54) is 10.7 Å². The molecule has 0 saturated heterocycles. The van der Waals surface area contributed by atoms with Gasteiger partial charge in [0, 0.05) is 32.1 Å². The zero-order chi connectivity index (χ0) is 16.7. The number of amides is 1. The smallest absolute Gasteiger partial charge is 0.266 e. The molecule has 7 heteroatoms. The summed E-state index contributed by atoms with van der Waals surface area (Å²) in [5, 5.41) is 9.21. The molecule has 0 aromatic carbocycles. The molecule has 0 aliphatic carbocycles. The summed E-state index contributed by atoms with van der Waals surface area (Å²) in [4.78, 5) is 26.6. The molecule has 0 saturated carbocycles. The van der Waals surface area contributed by atoms with E-state index in [0.29, 0.717) is 25.9 Å². The van der Waals surface area contributed by atoms with Gasteiger partial charge in [-0.1, -0.05) is 6.07 Å². The van der Waals surface area contributed by atoms with Crippen molar-refractivity contribution in [1.82, 2.24) is 20.0 Å². The number of carbonyl (C=O) groups excluding carboxylic acids is 1. The van der Waals surface area contributed by atoms with Crippen LogP contribution in [0.4, 0.5) is 0 Å². The molecule has 0 bridgehead atoms. The quantitative estimate of drug-likeness (QED) is 0.793. The first kappa shape index (κ1) is 17.4. The Balaban J connectivity index is 1.85. The van der Waals surface area contributed by atoms with Crippen molar-refractivity contribution in [3.63, 3.8) is 0 Å². The van der Waals surface area contributed by atoms with Gasteiger partial charge in [-0.2, -0.15) is 5.10 Å². The van der Waals surface area contributed by atoms with Crippen LogP contribution in [-0.2, 0) is 11.3 Å². The Morgan fingerprint density at radius 2 is 2.17 bits per heavy atom. The first-order chi connectivity index (χ1) is 11.1. The number of nitrogens with zero attached hydrogens (tertiary/aromatic N) is 3. The minimum absolute atomic E-state index is 0.00862. The van der Waals surface area contributed by atoms with E-state index < -0.39 is 0 Å². The van der Waals surface area contributed by atoms with Crippen molar-refractivity contribution in [2.24, 2.45) is 0 Å². The molecule has 0 atom stereocenters. The Hall–Kier alpha value is -1.99. The zero-order valence-corrected chi connectivity index (χ0v) is 14.3. The number of carbonyl (C=O) groups is 1. The summed E-state index contributed by atoms with van der Waals surface area (Å²) in [5.41, 5.74) is 0.647. The monoisotopic (exact) mass is 334 g/mol. The molecule has 2 heterocycles. The lowest BCUT2D eigenvalue weighted by Crippen LogP contribution is -2.31. The summed E-state index contributed by atoms with van der Waals surface area (Å²) < 4.78 is 1.43. The predicted molar refractivity (Wildman–Crippen MR) is 92.6 cm³/mol. The largest absolute Gasteiger partial charge is 0.355 e. The van der Waals surface area contributed by atoms with Gasteiger partial charge in [0.05, 0.1) is 4.88 Å². The molecular formula is C16H22N4O2S. The molecule has 2 rings (SSSR count). The molecule has 2 aromatic heterocycles. The molecular weight excluding hydrogens is 312 g/mol. The van der Waals surface area contributed by atoms with Crippen LogP contribution in [0.25, 0.3) is 10.6 Å². The van der Waals surface area contributed by atoms with Gasteiger partial charge in [-0.3, -0.25) is 9.59 Å². The van der Waals surface area contributed by atoms with E-state index in [0.717, 1.165) is 17.1 Å². The van der Waals surface area contributed by atoms with Crippen LogP contribution in [0.5, 0.6) is 0 Å². The van der Waals surface area contributed by atoms with Crippen LogP contribution in [0.15, 0.2) is 34.4 Å². The Kier molecular flexibility index (Phi) is 6.49. The van der Waals surface area contributed by atoms with Crippen molar-refractivity contribution in [1.29, 1.82) is 0 Å². The highest BCUT2D eigenvalue weighted by molar-refractivity contribution is 7.13. The van der Waals surface area contributed by atoms with Gasteiger partial charge in [-0.25, -0.2) is 4.68 Å². The van der Waals surface area contributed by atoms with Crippen LogP contribution in [-0.4, -0.2) is 47.8 Å². The second-order valence-electron chi connectivity index (χ2n) is 5.51. The molecule has 2 aromatic rings. The van der Waals surface area contributed by atoms with Crippen molar-refractivity contribution in [2.75, 3.05) is 27.2 Å². The van der Waals surface area contributed by atoms with Gasteiger partial charge in [0.2, 0.25) is 5.91 Å². The zero-order valence-electron chi connectivity index (χ0n) is 13.5. The molecule has 0 fully saturated rings. The van der Waals surface area contributed by atoms with E-state index in [2.05, 4.69) is 10.4 Å². The molecule has 124 valence electrons. The summed E-state index contributed by atoms with van der Waals surface area (Å²) in [7, 11) is 3.93. The lowest BCUT2D eigenvalue weighted by Gasteiger charge is -2.10. The molecule has 0 spiro atoms. The lowest BCUT2D eigenvalue weighted by molar-refractivity contribution is -0.121. The van der Waals surface area contributed by atoms with Crippen molar-refractivity contribution in [3.05, 3.63) is 40.0 Å². The fraction of sp³-hybridized carbons (Fsp3) is 0.438. The molecule has 23 heavy (non-hydrogen) atoms. The first-order valence-corrected chi connectivity index (χ1v) is 8.47. The second-order valence-corrected chi connectivity index (χ2v) is 6.46. The van der Waals surface area contributed by atoms with Crippen LogP contribution in [0.2, 0.25) is 0 Å². The predicted octanol–water partition coefficient (Wildman–Crippen LogP) is 1.43. The maximum absolute atomic E-state index is 11.9. The third kappa shape index (κ3) is 5.61. The number of thiophene rings is 1. The molecule has 0 radical (unpaired) electrons. The molecule has 1 N–H and O–H groups in total. The fourth-order valence-corrected chi connectivity index (χ4v) is 2.75. The third-order valence-corrected chi connectivity index (χ3v) is 4.19. The highest BCUT2D eigenvalue weighted by Crippen LogP contribution is 2.21. The van der Waals surface area contributed by atoms with Crippen molar-refractivity contribution >= 4 is 17.2 Å². The van der Waals surface area contributed by atoms with Gasteiger partial charge in [0.15, 0.2) is 0 Å². The number of likely N-dealkylation sites (N-methyl/N-ethyl adjacent to an activating group) is 1. The van der Waals surface area contributed by atoms with E-state index in [1.54, 1.807) is 17.4 Å². The van der Waals surface area contributed by atoms with Crippen LogP contribution >= 0.6 is 11.3 Å². The summed E-state index contributed by atoms with van der Waals surface area (Å²) in [6.45, 7) is 1.90. The Morgan fingerprint density at radius 1 is 1.35 bits per heavy atom. The van der Waals surface area contributed by atoms with Gasteiger partial charge >= 0.3 is 0 Å². The van der Waals surface area contributed by atoms with Crippen LogP contribution < -0.4 is 10.9 Å². The van der Waals surface area contributed by atoms with Gasteiger partial charge < -0.3 is 10.2 Å². The highest BCUT2D eigenvalue weighted by atomic mass is 32.1. The van der Waals surface area contributed by atoms with Crippen LogP contribution in [0.1, 0.15) is 12.8 Å². The summed E-state index contributed by atoms with van der Waals surface area (Å²) >= 11 is 1.58. The van der Waals surface area contributed by atoms with E-state index >= 15 is 0 Å². The number of rotatable bonds is 8. The number of nitrogens with one attached hydrogen (secondary N) is 1. The van der Waals surface area contributed by atoms with Crippen molar-refractivity contribution < 1.29 is 4.79 Å². The van der Waals surface area contributed by atoms with Crippen LogP contribution in [0, 0.1) is 0 Å². The van der Waals surface area contributed by atoms with E-state index in [4.69, 9.17) is 0 Å². The minimum Gasteiger partial charge on any atom is -0.355 e. The molecule has 6 nitrogen and oxygen atoms in total. The second kappa shape index (κ2) is 8.59. The van der Waals surface area contributed by atoms with Crippen LogP contribution in [0.3, 0.4) is 0 Å². The number of hydrogen-bond donors (Lipinski definition) is 1. The summed E-state index contributed by atoms with van der Waals surface area (Å²) in [6, 6.07) is 7.19. The molecule has 0 aliphatic rings. The average molecular weight is 334 g/mol. The average Bonchev–Trinajstić information content (AvgIpc) is 3.03. The van der Waals surface area contributed by atoms with Gasteiger partial charge in [-0.05, 0) is 38.0 Å². The topological polar surface area (TPSA) is 67.2 Å². The normalized spacial score (nSPS) is 10.9. The minimum atomic E-state index is -0.140. The van der Waals surface area contributed by atoms with Crippen molar-refractivity contribution in [2.45, 2.75) is 19.4 Å². The first-order valence-electron chi connectivity index (χ1n) is 7.60. The Labute approximate surface area is 139 Å². The van der Waals surface area contributed by atoms with Gasteiger partial charge in [0.25, 0.3) is 5.56 Å². The van der Waals surface area contributed by atoms with E-state index in [1.807, 2.05) is 36.5 Å².